The number of rotatable bonds is 6. The van der Waals surface area contributed by atoms with Gasteiger partial charge in [-0.15, -0.1) is 5.10 Å². The largest absolute Gasteiger partial charge is 0.292 e. The molecule has 0 fully saturated rings. The Morgan fingerprint density at radius 3 is 2.88 bits per heavy atom. The molecule has 0 amide bonds. The van der Waals surface area contributed by atoms with Crippen LogP contribution in [0.5, 0.6) is 0 Å². The van der Waals surface area contributed by atoms with Gasteiger partial charge in [-0.3, -0.25) is 9.89 Å². The van der Waals surface area contributed by atoms with Crippen molar-refractivity contribution in [2.75, 3.05) is 0 Å². The molecule has 3 aromatic heterocycles. The summed E-state index contributed by atoms with van der Waals surface area (Å²) in [4.78, 5) is 12.4. The van der Waals surface area contributed by atoms with Crippen molar-refractivity contribution in [2.45, 2.75) is 19.4 Å². The fourth-order valence-electron chi connectivity index (χ4n) is 2.65. The van der Waals surface area contributed by atoms with Crippen LogP contribution >= 0.6 is 0 Å². The number of Topliss-reactive ketones (excluding diaryl/α,β-unsaturated/α-hetero) is 1. The molecule has 8 nitrogen and oxygen atoms in total. The zero-order chi connectivity index (χ0) is 17.1. The summed E-state index contributed by atoms with van der Waals surface area (Å²) in [6.45, 7) is 0.499. The summed E-state index contributed by atoms with van der Waals surface area (Å²) >= 11 is 0. The highest BCUT2D eigenvalue weighted by molar-refractivity contribution is 6.05. The van der Waals surface area contributed by atoms with Crippen molar-refractivity contribution in [2.24, 2.45) is 0 Å². The summed E-state index contributed by atoms with van der Waals surface area (Å²) in [5.41, 5.74) is 2.90. The number of aryl methyl sites for hydroxylation is 1. The van der Waals surface area contributed by atoms with E-state index in [0.29, 0.717) is 25.1 Å². The van der Waals surface area contributed by atoms with Crippen molar-refractivity contribution >= 4 is 16.7 Å². The molecule has 8 heteroatoms. The lowest BCUT2D eigenvalue weighted by atomic mass is 10.1. The van der Waals surface area contributed by atoms with Gasteiger partial charge in [0.15, 0.2) is 5.78 Å². The molecule has 0 radical (unpaired) electrons. The second kappa shape index (κ2) is 6.60. The maximum absolute atomic E-state index is 12.4. The molecule has 1 aromatic carbocycles. The first-order valence-corrected chi connectivity index (χ1v) is 7.91. The van der Waals surface area contributed by atoms with Crippen molar-refractivity contribution in [3.05, 3.63) is 65.9 Å². The fourth-order valence-corrected chi connectivity index (χ4v) is 2.65. The summed E-state index contributed by atoms with van der Waals surface area (Å²) in [5, 5.41) is 23.9. The third kappa shape index (κ3) is 3.27. The molecular weight excluding hydrogens is 318 g/mol. The minimum absolute atomic E-state index is 0.0130. The zero-order valence-corrected chi connectivity index (χ0v) is 13.3. The Labute approximate surface area is 142 Å². The Balaban J connectivity index is 1.41. The van der Waals surface area contributed by atoms with E-state index in [2.05, 4.69) is 30.7 Å². The number of ketones is 1. The first kappa shape index (κ1) is 15.1. The predicted octanol–water partition coefficient (Wildman–Crippen LogP) is 1.81. The van der Waals surface area contributed by atoms with E-state index in [9.17, 15) is 4.79 Å². The summed E-state index contributed by atoms with van der Waals surface area (Å²) in [6.07, 6.45) is 4.30. The third-order valence-corrected chi connectivity index (χ3v) is 3.88. The molecule has 0 aliphatic heterocycles. The van der Waals surface area contributed by atoms with Gasteiger partial charge >= 0.3 is 0 Å². The van der Waals surface area contributed by atoms with Crippen molar-refractivity contribution < 1.29 is 4.79 Å². The van der Waals surface area contributed by atoms with Gasteiger partial charge in [0, 0.05) is 30.6 Å². The third-order valence-electron chi connectivity index (χ3n) is 3.88. The van der Waals surface area contributed by atoms with Crippen LogP contribution in [-0.2, 0) is 13.0 Å². The highest BCUT2D eigenvalue weighted by atomic mass is 16.1. The van der Waals surface area contributed by atoms with Crippen LogP contribution in [0.3, 0.4) is 0 Å². The molecule has 0 saturated heterocycles. The van der Waals surface area contributed by atoms with E-state index in [1.807, 2.05) is 42.6 Å². The Kier molecular flexibility index (Phi) is 3.99. The number of hydrogen-bond acceptors (Lipinski definition) is 6. The van der Waals surface area contributed by atoms with Gasteiger partial charge in [-0.1, -0.05) is 23.4 Å². The van der Waals surface area contributed by atoms with E-state index in [-0.39, 0.29) is 5.78 Å². The second-order valence-corrected chi connectivity index (χ2v) is 5.66. The van der Waals surface area contributed by atoms with Crippen molar-refractivity contribution in [3.8, 4) is 0 Å². The van der Waals surface area contributed by atoms with Gasteiger partial charge in [-0.05, 0) is 18.2 Å². The fraction of sp³-hybridized carbons (Fsp3) is 0.176. The predicted molar refractivity (Wildman–Crippen MR) is 89.9 cm³/mol. The number of nitrogens with one attached hydrogen (secondary N) is 1. The highest BCUT2D eigenvalue weighted by Crippen LogP contribution is 2.17. The molecule has 25 heavy (non-hydrogen) atoms. The number of fused-ring (bicyclic) bond motifs is 1. The number of aromatic amines is 1. The van der Waals surface area contributed by atoms with Crippen LogP contribution < -0.4 is 0 Å². The molecule has 0 spiro atoms. The molecule has 0 aliphatic carbocycles. The second-order valence-electron chi connectivity index (χ2n) is 5.66. The quantitative estimate of drug-likeness (QED) is 0.540. The molecule has 0 aliphatic rings. The van der Waals surface area contributed by atoms with Crippen molar-refractivity contribution in [1.29, 1.82) is 0 Å². The lowest BCUT2D eigenvalue weighted by molar-refractivity contribution is 0.0979. The average Bonchev–Trinajstić information content (AvgIpc) is 3.27. The molecule has 0 unspecified atom stereocenters. The van der Waals surface area contributed by atoms with Gasteiger partial charge in [-0.25, -0.2) is 4.68 Å². The topological polar surface area (TPSA) is 102 Å². The summed E-state index contributed by atoms with van der Waals surface area (Å²) in [5.74, 6) is -0.0130. The van der Waals surface area contributed by atoms with Gasteiger partial charge in [-0.2, -0.15) is 15.3 Å². The Morgan fingerprint density at radius 2 is 2.00 bits per heavy atom. The molecule has 0 atom stereocenters. The van der Waals surface area contributed by atoms with Gasteiger partial charge < -0.3 is 0 Å². The minimum Gasteiger partial charge on any atom is -0.292 e. The molecule has 3 heterocycles. The van der Waals surface area contributed by atoms with Crippen LogP contribution in [-0.4, -0.2) is 41.2 Å². The summed E-state index contributed by atoms with van der Waals surface area (Å²) < 4.78 is 1.69. The summed E-state index contributed by atoms with van der Waals surface area (Å²) in [7, 11) is 0. The number of carbonyl (C=O) groups excluding carboxylic acids is 1. The van der Waals surface area contributed by atoms with E-state index >= 15 is 0 Å². The number of hydrogen-bond donors (Lipinski definition) is 1. The molecule has 0 bridgehead atoms. The molecule has 124 valence electrons. The van der Waals surface area contributed by atoms with Crippen LogP contribution in [0.25, 0.3) is 10.9 Å². The number of para-hydroxylation sites is 1. The van der Waals surface area contributed by atoms with Crippen molar-refractivity contribution in [3.63, 3.8) is 0 Å². The Bertz CT molecular complexity index is 1010. The number of H-pyrrole nitrogens is 1. The standard InChI is InChI=1S/C17H15N7O/c25-16(17-14-5-1-2-6-15(14)21-22-17)8-7-13-11-24(23-20-13)10-12-4-3-9-18-19-12/h1-6,9,11H,7-8,10H2,(H,21,22). The van der Waals surface area contributed by atoms with E-state index in [1.165, 1.54) is 0 Å². The maximum atomic E-state index is 12.4. The lowest BCUT2D eigenvalue weighted by Crippen LogP contribution is -2.03. The lowest BCUT2D eigenvalue weighted by Gasteiger charge is -1.98. The average molecular weight is 333 g/mol. The smallest absolute Gasteiger partial charge is 0.184 e. The van der Waals surface area contributed by atoms with Gasteiger partial charge in [0.05, 0.1) is 23.4 Å². The molecule has 0 saturated carbocycles. The van der Waals surface area contributed by atoms with Crippen molar-refractivity contribution in [1.82, 2.24) is 35.4 Å². The van der Waals surface area contributed by atoms with Crippen LogP contribution in [0.1, 0.15) is 28.3 Å². The van der Waals surface area contributed by atoms with Crippen LogP contribution in [0.4, 0.5) is 0 Å². The maximum Gasteiger partial charge on any atom is 0.184 e. The van der Waals surface area contributed by atoms with Gasteiger partial charge in [0.2, 0.25) is 0 Å². The minimum atomic E-state index is -0.0130. The molecule has 4 aromatic rings. The molecule has 1 N–H and O–H groups in total. The van der Waals surface area contributed by atoms with E-state index in [1.54, 1.807) is 10.9 Å². The Hall–Kier alpha value is -3.42. The number of aromatic nitrogens is 7. The number of benzene rings is 1. The van der Waals surface area contributed by atoms with Gasteiger partial charge in [0.25, 0.3) is 0 Å². The number of carbonyl (C=O) groups is 1. The first-order chi connectivity index (χ1) is 12.3. The summed E-state index contributed by atoms with van der Waals surface area (Å²) in [6, 6.07) is 11.3. The SMILES string of the molecule is O=C(CCc1cn(Cc2cccnn2)nn1)c1n[nH]c2ccccc12. The van der Waals surface area contributed by atoms with E-state index in [4.69, 9.17) is 0 Å². The highest BCUT2D eigenvalue weighted by Gasteiger charge is 2.14. The van der Waals surface area contributed by atoms with Gasteiger partial charge in [0.1, 0.15) is 5.69 Å². The molecular formula is C17H15N7O. The first-order valence-electron chi connectivity index (χ1n) is 7.91. The number of nitrogens with zero attached hydrogens (tertiary/aromatic N) is 6. The van der Waals surface area contributed by atoms with E-state index < -0.39 is 0 Å². The van der Waals surface area contributed by atoms with Crippen LogP contribution in [0.15, 0.2) is 48.8 Å². The van der Waals surface area contributed by atoms with Crippen LogP contribution in [0, 0.1) is 0 Å². The van der Waals surface area contributed by atoms with E-state index in [0.717, 1.165) is 22.3 Å². The Morgan fingerprint density at radius 1 is 1.08 bits per heavy atom. The van der Waals surface area contributed by atoms with Crippen LogP contribution in [0.2, 0.25) is 0 Å². The molecule has 4 rings (SSSR count). The normalized spacial score (nSPS) is 11.0. The zero-order valence-electron chi connectivity index (χ0n) is 13.3. The monoisotopic (exact) mass is 333 g/mol.